The number of carbonyl (C=O) groups is 1. The fourth-order valence-corrected chi connectivity index (χ4v) is 2.98. The van der Waals surface area contributed by atoms with Gasteiger partial charge < -0.3 is 10.3 Å². The minimum absolute atomic E-state index is 0.0677. The van der Waals surface area contributed by atoms with Gasteiger partial charge in [-0.15, -0.1) is 0 Å². The van der Waals surface area contributed by atoms with E-state index >= 15 is 0 Å². The van der Waals surface area contributed by atoms with Crippen molar-refractivity contribution in [2.75, 3.05) is 11.6 Å². The minimum atomic E-state index is -1.04. The molecule has 116 valence electrons. The Balaban J connectivity index is 2.29. The number of halogens is 1. The van der Waals surface area contributed by atoms with Gasteiger partial charge in [0.1, 0.15) is 5.56 Å². The first-order valence-corrected chi connectivity index (χ1v) is 8.57. The van der Waals surface area contributed by atoms with E-state index in [2.05, 4.69) is 10.3 Å². The molecular weight excluding hydrogens is 324 g/mol. The number of pyridine rings is 1. The lowest BCUT2D eigenvalue weighted by Crippen LogP contribution is -2.24. The molecule has 0 aliphatic carbocycles. The number of aryl methyl sites for hydroxylation is 1. The van der Waals surface area contributed by atoms with Crippen LogP contribution < -0.4 is 10.9 Å². The number of anilines is 1. The lowest BCUT2D eigenvalue weighted by atomic mass is 10.1. The number of aromatic nitrogens is 1. The van der Waals surface area contributed by atoms with Crippen molar-refractivity contribution in [1.82, 2.24) is 4.98 Å². The fourth-order valence-electron chi connectivity index (χ4n) is 2.03. The van der Waals surface area contributed by atoms with Crippen molar-refractivity contribution in [3.8, 4) is 0 Å². The molecule has 1 atom stereocenters. The summed E-state index contributed by atoms with van der Waals surface area (Å²) in [6.07, 6.45) is 3.07. The zero-order valence-corrected chi connectivity index (χ0v) is 13.7. The Hall–Kier alpha value is -1.92. The van der Waals surface area contributed by atoms with Crippen LogP contribution in [-0.2, 0) is 16.6 Å². The summed E-state index contributed by atoms with van der Waals surface area (Å²) in [6, 6.07) is 6.58. The minimum Gasteiger partial charge on any atom is -0.328 e. The molecule has 2 rings (SSSR count). The second kappa shape index (κ2) is 6.89. The molecule has 0 bridgehead atoms. The number of aromatic amines is 1. The van der Waals surface area contributed by atoms with Crippen LogP contribution in [0.1, 0.15) is 21.5 Å². The summed E-state index contributed by atoms with van der Waals surface area (Å²) < 4.78 is 11.3. The average molecular weight is 339 g/mol. The molecule has 0 aliphatic rings. The van der Waals surface area contributed by atoms with Crippen LogP contribution in [0.3, 0.4) is 0 Å². The Labute approximate surface area is 135 Å². The molecular formula is C15H15ClN2O3S. The fraction of sp³-hybridized carbons (Fsp3) is 0.200. The summed E-state index contributed by atoms with van der Waals surface area (Å²) in [5, 5.41) is 3.15. The van der Waals surface area contributed by atoms with E-state index in [9.17, 15) is 13.8 Å². The number of carbonyl (C=O) groups excluding carboxylic acids is 1. The maximum atomic E-state index is 12.3. The molecule has 22 heavy (non-hydrogen) atoms. The van der Waals surface area contributed by atoms with Crippen LogP contribution >= 0.6 is 11.6 Å². The summed E-state index contributed by atoms with van der Waals surface area (Å²) >= 11 is 6.04. The molecule has 1 heterocycles. The highest BCUT2D eigenvalue weighted by Crippen LogP contribution is 2.22. The normalized spacial score (nSPS) is 12.0. The summed E-state index contributed by atoms with van der Waals surface area (Å²) in [4.78, 5) is 26.5. The van der Waals surface area contributed by atoms with Crippen LogP contribution in [0.4, 0.5) is 5.69 Å². The number of benzene rings is 1. The van der Waals surface area contributed by atoms with Gasteiger partial charge in [0.15, 0.2) is 0 Å². The van der Waals surface area contributed by atoms with Crippen LogP contribution in [0.25, 0.3) is 0 Å². The highest BCUT2D eigenvalue weighted by Gasteiger charge is 2.14. The van der Waals surface area contributed by atoms with Crippen molar-refractivity contribution >= 4 is 34.0 Å². The predicted octanol–water partition coefficient (Wildman–Crippen LogP) is 2.47. The van der Waals surface area contributed by atoms with Crippen LogP contribution in [0.15, 0.2) is 35.3 Å². The van der Waals surface area contributed by atoms with Gasteiger partial charge in [-0.1, -0.05) is 11.6 Å². The Kier molecular flexibility index (Phi) is 5.15. The Morgan fingerprint density at radius 3 is 2.73 bits per heavy atom. The highest BCUT2D eigenvalue weighted by molar-refractivity contribution is 7.83. The van der Waals surface area contributed by atoms with Crippen molar-refractivity contribution in [1.29, 1.82) is 0 Å². The molecule has 1 aromatic heterocycles. The van der Waals surface area contributed by atoms with E-state index in [-0.39, 0.29) is 5.56 Å². The lowest BCUT2D eigenvalue weighted by molar-refractivity contribution is 0.102. The molecule has 2 aromatic rings. The molecule has 1 amide bonds. The van der Waals surface area contributed by atoms with Crippen LogP contribution in [0.5, 0.6) is 0 Å². The van der Waals surface area contributed by atoms with Crippen molar-refractivity contribution in [3.63, 3.8) is 0 Å². The monoisotopic (exact) mass is 338 g/mol. The number of amides is 1. The van der Waals surface area contributed by atoms with Gasteiger partial charge in [0.05, 0.1) is 0 Å². The molecule has 0 spiro atoms. The van der Waals surface area contributed by atoms with E-state index in [4.69, 9.17) is 11.6 Å². The molecule has 2 N–H and O–H groups in total. The highest BCUT2D eigenvalue weighted by atomic mass is 35.5. The van der Waals surface area contributed by atoms with Gasteiger partial charge in [-0.2, -0.15) is 0 Å². The number of hydrogen-bond acceptors (Lipinski definition) is 3. The molecule has 0 fully saturated rings. The van der Waals surface area contributed by atoms with Crippen LogP contribution in [0, 0.1) is 6.92 Å². The van der Waals surface area contributed by atoms with E-state index in [0.29, 0.717) is 27.6 Å². The first-order valence-electron chi connectivity index (χ1n) is 6.46. The summed E-state index contributed by atoms with van der Waals surface area (Å²) in [5.74, 6) is -0.196. The molecule has 0 radical (unpaired) electrons. The number of rotatable bonds is 4. The third-order valence-electron chi connectivity index (χ3n) is 3.06. The number of nitrogens with one attached hydrogen (secondary N) is 2. The van der Waals surface area contributed by atoms with E-state index in [1.54, 1.807) is 37.4 Å². The quantitative estimate of drug-likeness (QED) is 0.898. The lowest BCUT2D eigenvalue weighted by Gasteiger charge is -2.09. The second-order valence-electron chi connectivity index (χ2n) is 4.84. The van der Waals surface area contributed by atoms with E-state index in [1.165, 1.54) is 6.20 Å². The molecule has 0 saturated heterocycles. The molecule has 7 heteroatoms. The zero-order valence-electron chi connectivity index (χ0n) is 12.1. The van der Waals surface area contributed by atoms with E-state index in [1.807, 2.05) is 0 Å². The van der Waals surface area contributed by atoms with Crippen molar-refractivity contribution in [2.24, 2.45) is 0 Å². The first-order chi connectivity index (χ1) is 10.4. The predicted molar refractivity (Wildman–Crippen MR) is 89.0 cm³/mol. The van der Waals surface area contributed by atoms with Gasteiger partial charge in [0.25, 0.3) is 11.5 Å². The zero-order chi connectivity index (χ0) is 16.3. The number of hydrogen-bond donors (Lipinski definition) is 2. The van der Waals surface area contributed by atoms with Gasteiger partial charge >= 0.3 is 0 Å². The molecule has 0 saturated carbocycles. The van der Waals surface area contributed by atoms with Crippen LogP contribution in [-0.4, -0.2) is 21.4 Å². The van der Waals surface area contributed by atoms with Crippen molar-refractivity contribution in [2.45, 2.75) is 12.7 Å². The average Bonchev–Trinajstić information content (AvgIpc) is 2.42. The molecule has 1 unspecified atom stereocenters. The summed E-state index contributed by atoms with van der Waals surface area (Å²) in [5.41, 5.74) is 1.39. The van der Waals surface area contributed by atoms with Crippen molar-refractivity contribution in [3.05, 3.63) is 62.5 Å². The third kappa shape index (κ3) is 3.84. The Morgan fingerprint density at radius 2 is 2.09 bits per heavy atom. The number of H-pyrrole nitrogens is 1. The Bertz CT molecular complexity index is 802. The maximum absolute atomic E-state index is 12.3. The maximum Gasteiger partial charge on any atom is 0.261 e. The third-order valence-corrected chi connectivity index (χ3v) is 4.14. The molecule has 1 aromatic carbocycles. The van der Waals surface area contributed by atoms with Gasteiger partial charge in [0, 0.05) is 39.7 Å². The standard InChI is InChI=1S/C15H15ClN2O3S/c1-9-5-6-17-14(19)13(9)15(20)18-11-3-4-12(16)10(7-11)8-22(2)21/h3-7H,8H2,1-2H3,(H,17,19)(H,18,20). The van der Waals surface area contributed by atoms with E-state index in [0.717, 1.165) is 0 Å². The second-order valence-corrected chi connectivity index (χ2v) is 6.68. The smallest absolute Gasteiger partial charge is 0.261 e. The largest absolute Gasteiger partial charge is 0.328 e. The van der Waals surface area contributed by atoms with Gasteiger partial charge in [-0.25, -0.2) is 0 Å². The SMILES string of the molecule is Cc1cc[nH]c(=O)c1C(=O)Nc1ccc(Cl)c(CS(C)=O)c1. The van der Waals surface area contributed by atoms with Gasteiger partial charge in [0.2, 0.25) is 0 Å². The summed E-state index contributed by atoms with van der Waals surface area (Å²) in [6.45, 7) is 1.69. The van der Waals surface area contributed by atoms with Crippen LogP contribution in [0.2, 0.25) is 5.02 Å². The molecule has 5 nitrogen and oxygen atoms in total. The first kappa shape index (κ1) is 16.5. The summed E-state index contributed by atoms with van der Waals surface area (Å²) in [7, 11) is -1.04. The van der Waals surface area contributed by atoms with Gasteiger partial charge in [-0.3, -0.25) is 13.8 Å². The van der Waals surface area contributed by atoms with E-state index < -0.39 is 22.3 Å². The topological polar surface area (TPSA) is 79.0 Å². The Morgan fingerprint density at radius 1 is 1.36 bits per heavy atom. The van der Waals surface area contributed by atoms with Crippen molar-refractivity contribution < 1.29 is 9.00 Å². The molecule has 0 aliphatic heterocycles. The van der Waals surface area contributed by atoms with Gasteiger partial charge in [-0.05, 0) is 42.3 Å².